The number of carbonyl (C=O) groups excluding carboxylic acids is 2. The van der Waals surface area contributed by atoms with E-state index in [4.69, 9.17) is 9.47 Å². The van der Waals surface area contributed by atoms with Crippen LogP contribution in [0.3, 0.4) is 0 Å². The Kier molecular flexibility index (Phi) is 6.77. The van der Waals surface area contributed by atoms with E-state index >= 15 is 0 Å². The van der Waals surface area contributed by atoms with Crippen LogP contribution in [0, 0.1) is 5.92 Å². The number of rotatable bonds is 7. The molecule has 1 aliphatic heterocycles. The molecule has 1 aromatic carbocycles. The van der Waals surface area contributed by atoms with Gasteiger partial charge < -0.3 is 19.7 Å². The molecule has 0 bridgehead atoms. The van der Waals surface area contributed by atoms with Gasteiger partial charge in [-0.1, -0.05) is 38.1 Å². The number of likely N-dealkylation sites (tertiary alicyclic amines) is 1. The first-order valence-corrected chi connectivity index (χ1v) is 12.5. The number of carbonyl (C=O) groups is 2. The lowest BCUT2D eigenvalue weighted by atomic mass is 9.71. The maximum Gasteiger partial charge on any atom is 0.259 e. The summed E-state index contributed by atoms with van der Waals surface area (Å²) in [5, 5.41) is 7.53. The molecule has 1 spiro atoms. The van der Waals surface area contributed by atoms with Crippen molar-refractivity contribution in [1.82, 2.24) is 24.8 Å². The molecular weight excluding hydrogens is 458 g/mol. The van der Waals surface area contributed by atoms with E-state index in [1.807, 2.05) is 30.9 Å². The van der Waals surface area contributed by atoms with E-state index in [0.29, 0.717) is 37.5 Å². The molecule has 2 aliphatic rings. The van der Waals surface area contributed by atoms with Crippen molar-refractivity contribution in [2.75, 3.05) is 33.4 Å². The molecule has 1 aliphatic carbocycles. The average Bonchev–Trinajstić information content (AvgIpc) is 3.43. The van der Waals surface area contributed by atoms with Gasteiger partial charge in [0.1, 0.15) is 5.56 Å². The van der Waals surface area contributed by atoms with Gasteiger partial charge in [-0.15, -0.1) is 0 Å². The molecule has 1 fully saturated rings. The molecule has 5 rings (SSSR count). The predicted molar refractivity (Wildman–Crippen MR) is 134 cm³/mol. The predicted octanol–water partition coefficient (Wildman–Crippen LogP) is 2.76. The lowest BCUT2D eigenvalue weighted by Gasteiger charge is -2.44. The summed E-state index contributed by atoms with van der Waals surface area (Å²) in [5.74, 6) is -0.195. The molecule has 36 heavy (non-hydrogen) atoms. The number of aromatic nitrogens is 3. The van der Waals surface area contributed by atoms with Crippen molar-refractivity contribution in [3.63, 3.8) is 0 Å². The van der Waals surface area contributed by atoms with Crippen LogP contribution in [-0.4, -0.2) is 70.8 Å². The number of ether oxygens (including phenoxy) is 2. The molecular formula is C27H33N5O4. The normalized spacial score (nSPS) is 20.7. The van der Waals surface area contributed by atoms with Crippen LogP contribution < -0.4 is 5.32 Å². The fourth-order valence-corrected chi connectivity index (χ4v) is 5.66. The molecule has 0 saturated carbocycles. The number of amides is 2. The number of fused-ring (bicyclic) bond motifs is 3. The summed E-state index contributed by atoms with van der Waals surface area (Å²) < 4.78 is 13.3. The molecule has 3 heterocycles. The number of nitrogens with zero attached hydrogens (tertiary/aromatic N) is 4. The Balaban J connectivity index is 1.43. The third-order valence-electron chi connectivity index (χ3n) is 7.54. The number of hydrogen-bond donors (Lipinski definition) is 1. The summed E-state index contributed by atoms with van der Waals surface area (Å²) in [5.41, 5.74) is 3.06. The first kappa shape index (κ1) is 24.4. The van der Waals surface area contributed by atoms with E-state index in [9.17, 15) is 9.59 Å². The molecule has 0 unspecified atom stereocenters. The summed E-state index contributed by atoms with van der Waals surface area (Å²) in [6.45, 7) is 5.85. The zero-order chi connectivity index (χ0) is 25.3. The summed E-state index contributed by atoms with van der Waals surface area (Å²) in [7, 11) is 1.65. The highest BCUT2D eigenvalue weighted by atomic mass is 16.5. The summed E-state index contributed by atoms with van der Waals surface area (Å²) >= 11 is 0. The third-order valence-corrected chi connectivity index (χ3v) is 7.54. The molecule has 2 aromatic heterocycles. The van der Waals surface area contributed by atoms with Gasteiger partial charge in [0.05, 0.1) is 31.6 Å². The highest BCUT2D eigenvalue weighted by molar-refractivity contribution is 5.99. The minimum Gasteiger partial charge on any atom is -0.382 e. The molecule has 9 nitrogen and oxygen atoms in total. The Hall–Kier alpha value is -3.30. The van der Waals surface area contributed by atoms with E-state index in [2.05, 4.69) is 27.5 Å². The van der Waals surface area contributed by atoms with E-state index in [-0.39, 0.29) is 35.3 Å². The van der Waals surface area contributed by atoms with Crippen molar-refractivity contribution in [3.8, 4) is 0 Å². The number of hydrogen-bond acceptors (Lipinski definition) is 6. The van der Waals surface area contributed by atoms with Gasteiger partial charge in [0, 0.05) is 43.9 Å². The summed E-state index contributed by atoms with van der Waals surface area (Å²) in [6, 6.07) is 9.82. The van der Waals surface area contributed by atoms with Crippen LogP contribution in [0.25, 0.3) is 5.65 Å². The second kappa shape index (κ2) is 9.99. The van der Waals surface area contributed by atoms with Crippen LogP contribution >= 0.6 is 0 Å². The lowest BCUT2D eigenvalue weighted by Crippen LogP contribution is -2.52. The van der Waals surface area contributed by atoms with Crippen molar-refractivity contribution < 1.29 is 19.1 Å². The molecule has 1 N–H and O–H groups in total. The Bertz CT molecular complexity index is 1250. The van der Waals surface area contributed by atoms with Gasteiger partial charge in [0.2, 0.25) is 5.91 Å². The first-order chi connectivity index (χ1) is 17.5. The van der Waals surface area contributed by atoms with Crippen LogP contribution in [0.1, 0.15) is 54.2 Å². The Morgan fingerprint density at radius 1 is 1.17 bits per heavy atom. The standard InChI is InChI=1S/C27H33N5O4/c1-18(2)25(33)30-22-19-7-4-5-8-21(19)27(23(22)36-16-15-35-3)9-13-31(14-10-27)26(34)20-17-29-32-12-6-11-28-24(20)32/h4-8,11-12,17-18,22-23H,9-10,13-16H2,1-3H3,(H,30,33)/t22-,23+/m0/s1. The van der Waals surface area contributed by atoms with Gasteiger partial charge in [-0.2, -0.15) is 5.10 Å². The van der Waals surface area contributed by atoms with Gasteiger partial charge >= 0.3 is 0 Å². The summed E-state index contributed by atoms with van der Waals surface area (Å²) in [6.07, 6.45) is 6.26. The van der Waals surface area contributed by atoms with Gasteiger partial charge in [0.25, 0.3) is 5.91 Å². The van der Waals surface area contributed by atoms with Gasteiger partial charge in [0.15, 0.2) is 5.65 Å². The Labute approximate surface area is 210 Å². The fraction of sp³-hybridized carbons (Fsp3) is 0.481. The van der Waals surface area contributed by atoms with Crippen LogP contribution in [0.2, 0.25) is 0 Å². The zero-order valence-corrected chi connectivity index (χ0v) is 21.0. The maximum absolute atomic E-state index is 13.4. The van der Waals surface area contributed by atoms with Crippen molar-refractivity contribution in [3.05, 3.63) is 65.6 Å². The highest BCUT2D eigenvalue weighted by Gasteiger charge is 2.54. The third kappa shape index (κ3) is 4.16. The first-order valence-electron chi connectivity index (χ1n) is 12.5. The second-order valence-corrected chi connectivity index (χ2v) is 9.91. The number of nitrogens with one attached hydrogen (secondary N) is 1. The van der Waals surface area contributed by atoms with Crippen LogP contribution in [0.5, 0.6) is 0 Å². The summed E-state index contributed by atoms with van der Waals surface area (Å²) in [4.78, 5) is 32.4. The quantitative estimate of drug-likeness (QED) is 0.511. The van der Waals surface area contributed by atoms with Gasteiger partial charge in [-0.25, -0.2) is 9.50 Å². The molecule has 2 atom stereocenters. The number of piperidine rings is 1. The van der Waals surface area contributed by atoms with Gasteiger partial charge in [-0.05, 0) is 30.0 Å². The molecule has 190 valence electrons. The van der Waals surface area contributed by atoms with E-state index in [1.54, 1.807) is 36.3 Å². The topological polar surface area (TPSA) is 98.1 Å². The lowest BCUT2D eigenvalue weighted by molar-refractivity contribution is -0.127. The fourth-order valence-electron chi connectivity index (χ4n) is 5.66. The monoisotopic (exact) mass is 491 g/mol. The van der Waals surface area contributed by atoms with Crippen molar-refractivity contribution >= 4 is 17.5 Å². The smallest absolute Gasteiger partial charge is 0.259 e. The van der Waals surface area contributed by atoms with E-state index in [1.165, 1.54) is 5.56 Å². The van der Waals surface area contributed by atoms with Crippen molar-refractivity contribution in [2.24, 2.45) is 5.92 Å². The van der Waals surface area contributed by atoms with Crippen LogP contribution in [0.4, 0.5) is 0 Å². The number of methoxy groups -OCH3 is 1. The Morgan fingerprint density at radius 2 is 1.94 bits per heavy atom. The molecule has 2 amide bonds. The second-order valence-electron chi connectivity index (χ2n) is 9.91. The largest absolute Gasteiger partial charge is 0.382 e. The average molecular weight is 492 g/mol. The van der Waals surface area contributed by atoms with E-state index < -0.39 is 0 Å². The number of benzene rings is 1. The maximum atomic E-state index is 13.4. The molecule has 0 radical (unpaired) electrons. The minimum atomic E-state index is -0.310. The molecule has 1 saturated heterocycles. The zero-order valence-electron chi connectivity index (χ0n) is 21.0. The van der Waals surface area contributed by atoms with Crippen LogP contribution in [-0.2, 0) is 19.7 Å². The SMILES string of the molecule is COCCO[C@@H]1[C@@H](NC(=O)C(C)C)c2ccccc2C12CCN(C(=O)c1cnn3cccnc13)CC2. The minimum absolute atomic E-state index is 0.000365. The van der Waals surface area contributed by atoms with Crippen molar-refractivity contribution in [2.45, 2.75) is 44.2 Å². The van der Waals surface area contributed by atoms with Crippen molar-refractivity contribution in [1.29, 1.82) is 0 Å². The van der Waals surface area contributed by atoms with Gasteiger partial charge in [-0.3, -0.25) is 9.59 Å². The highest BCUT2D eigenvalue weighted by Crippen LogP contribution is 2.52. The molecule has 3 aromatic rings. The molecule has 9 heteroatoms. The van der Waals surface area contributed by atoms with E-state index in [0.717, 1.165) is 18.4 Å². The van der Waals surface area contributed by atoms with Crippen LogP contribution in [0.15, 0.2) is 48.9 Å². The Morgan fingerprint density at radius 3 is 2.69 bits per heavy atom.